The molecule has 0 aliphatic rings. The number of carbonyl (C=O) groups excluding carboxylic acids is 2. The van der Waals surface area contributed by atoms with Crippen LogP contribution in [0.2, 0.25) is 0 Å². The average Bonchev–Trinajstić information content (AvgIpc) is 2.35. The number of carbonyl (C=O) groups is 2. The van der Waals surface area contributed by atoms with Crippen molar-refractivity contribution in [3.63, 3.8) is 0 Å². The van der Waals surface area contributed by atoms with E-state index < -0.39 is 12.7 Å². The van der Waals surface area contributed by atoms with Gasteiger partial charge >= 0.3 is 12.7 Å². The summed E-state index contributed by atoms with van der Waals surface area (Å²) < 4.78 is 23.1. The topological polar surface area (TPSA) is 72.9 Å². The fraction of sp³-hybridized carbons (Fsp3) is 0.800. The lowest BCUT2D eigenvalue weighted by atomic mass is 10.4. The second-order valence-corrected chi connectivity index (χ2v) is 8.23. The van der Waals surface area contributed by atoms with Crippen molar-refractivity contribution in [3.05, 3.63) is 0 Å². The second kappa shape index (κ2) is 8.56. The van der Waals surface area contributed by atoms with Crippen molar-refractivity contribution >= 4 is 30.5 Å². The number of hydrogen-bond donors (Lipinski definition) is 0. The molecule has 18 heavy (non-hydrogen) atoms. The molecule has 0 aromatic heterocycles. The molecule has 0 N–H and O–H groups in total. The number of nitrogens with zero attached hydrogens (tertiary/aromatic N) is 1. The molecule has 0 fully saturated rings. The predicted molar refractivity (Wildman–Crippen MR) is 71.4 cm³/mol. The summed E-state index contributed by atoms with van der Waals surface area (Å²) in [5.74, 6) is -0.633. The Morgan fingerprint density at radius 1 is 1.50 bits per heavy atom. The highest BCUT2D eigenvalue weighted by Crippen LogP contribution is 2.63. The Bertz CT molecular complexity index is 325. The number of esters is 1. The lowest BCUT2D eigenvalue weighted by Crippen LogP contribution is -2.27. The third-order valence-corrected chi connectivity index (χ3v) is 7.37. The first-order valence-corrected chi connectivity index (χ1v) is 8.71. The Balaban J connectivity index is 4.96. The van der Waals surface area contributed by atoms with Gasteiger partial charge in [0.1, 0.15) is 6.54 Å². The van der Waals surface area contributed by atoms with Gasteiger partial charge in [-0.15, -0.1) is 0 Å². The molecule has 0 aromatic rings. The average molecular weight is 297 g/mol. The van der Waals surface area contributed by atoms with Gasteiger partial charge in [-0.25, -0.2) is 0 Å². The largest absolute Gasteiger partial charge is 0.468 e. The number of amides is 1. The van der Waals surface area contributed by atoms with Gasteiger partial charge in [0.05, 0.1) is 13.7 Å². The van der Waals surface area contributed by atoms with Crippen molar-refractivity contribution in [1.82, 2.24) is 4.67 Å². The molecule has 0 saturated carbocycles. The lowest BCUT2D eigenvalue weighted by Gasteiger charge is -2.27. The predicted octanol–water partition coefficient (Wildman–Crippen LogP) is 2.29. The summed E-state index contributed by atoms with van der Waals surface area (Å²) in [6, 6.07) is 0. The van der Waals surface area contributed by atoms with Gasteiger partial charge in [0.25, 0.3) is 0 Å². The molecule has 0 rings (SSSR count). The third kappa shape index (κ3) is 5.42. The Morgan fingerprint density at radius 3 is 2.50 bits per heavy atom. The maximum atomic E-state index is 12.6. The first kappa shape index (κ1) is 17.5. The second-order valence-electron chi connectivity index (χ2n) is 3.49. The van der Waals surface area contributed by atoms with Crippen LogP contribution in [0.4, 0.5) is 0 Å². The molecule has 0 saturated heterocycles. The van der Waals surface area contributed by atoms with Gasteiger partial charge in [-0.2, -0.15) is 0 Å². The zero-order chi connectivity index (χ0) is 14.2. The quantitative estimate of drug-likeness (QED) is 0.369. The van der Waals surface area contributed by atoms with E-state index in [9.17, 15) is 14.2 Å². The van der Waals surface area contributed by atoms with E-state index in [4.69, 9.17) is 4.52 Å². The third-order valence-electron chi connectivity index (χ3n) is 2.14. The van der Waals surface area contributed by atoms with E-state index in [0.29, 0.717) is 6.41 Å². The van der Waals surface area contributed by atoms with Crippen LogP contribution in [0, 0.1) is 0 Å². The summed E-state index contributed by atoms with van der Waals surface area (Å²) >= 11 is 1.08. The van der Waals surface area contributed by atoms with Crippen LogP contribution in [-0.4, -0.2) is 42.6 Å². The summed E-state index contributed by atoms with van der Waals surface area (Å²) in [4.78, 5) is 22.2. The molecule has 2 atom stereocenters. The highest BCUT2D eigenvalue weighted by Gasteiger charge is 2.35. The minimum atomic E-state index is -3.39. The minimum absolute atomic E-state index is 0.0579. The van der Waals surface area contributed by atoms with Crippen LogP contribution in [-0.2, 0) is 23.4 Å². The molecule has 8 heteroatoms. The highest BCUT2D eigenvalue weighted by molar-refractivity contribution is 8.56. The molecule has 1 amide bonds. The Morgan fingerprint density at radius 2 is 2.11 bits per heavy atom. The Hall–Kier alpha value is -0.520. The van der Waals surface area contributed by atoms with Crippen LogP contribution in [0.5, 0.6) is 0 Å². The van der Waals surface area contributed by atoms with Crippen LogP contribution in [0.15, 0.2) is 0 Å². The monoisotopic (exact) mass is 297 g/mol. The molecule has 0 aliphatic heterocycles. The van der Waals surface area contributed by atoms with E-state index in [1.165, 1.54) is 7.11 Å². The Kier molecular flexibility index (Phi) is 8.31. The van der Waals surface area contributed by atoms with E-state index in [1.54, 1.807) is 6.92 Å². The standard InChI is InChI=1S/C10H20NO5PS/c1-5-9(3)18-17(14,16-6-2)11(8-12)7-10(13)15-4/h8-9H,5-7H2,1-4H3. The lowest BCUT2D eigenvalue weighted by molar-refractivity contribution is -0.142. The normalized spacial score (nSPS) is 15.6. The smallest absolute Gasteiger partial charge is 0.356 e. The van der Waals surface area contributed by atoms with E-state index >= 15 is 0 Å². The summed E-state index contributed by atoms with van der Waals surface area (Å²) in [5, 5.41) is 0.0579. The molecule has 0 spiro atoms. The molecule has 0 heterocycles. The fourth-order valence-electron chi connectivity index (χ4n) is 1.01. The minimum Gasteiger partial charge on any atom is -0.468 e. The molecular formula is C10H20NO5PS. The molecule has 2 unspecified atom stereocenters. The molecule has 106 valence electrons. The van der Waals surface area contributed by atoms with Gasteiger partial charge in [-0.05, 0) is 24.7 Å². The summed E-state index contributed by atoms with van der Waals surface area (Å²) in [7, 11) is 1.21. The van der Waals surface area contributed by atoms with Crippen LogP contribution in [0.25, 0.3) is 0 Å². The van der Waals surface area contributed by atoms with Gasteiger partial charge in [0.15, 0.2) is 0 Å². The van der Waals surface area contributed by atoms with Crippen LogP contribution >= 0.6 is 18.1 Å². The summed E-state index contributed by atoms with van der Waals surface area (Å²) in [6.07, 6.45) is 1.15. The molecular weight excluding hydrogens is 277 g/mol. The molecule has 0 aliphatic carbocycles. The van der Waals surface area contributed by atoms with Crippen molar-refractivity contribution in [3.8, 4) is 0 Å². The van der Waals surface area contributed by atoms with Crippen LogP contribution < -0.4 is 0 Å². The van der Waals surface area contributed by atoms with Gasteiger partial charge < -0.3 is 9.26 Å². The van der Waals surface area contributed by atoms with Crippen molar-refractivity contribution in [2.45, 2.75) is 32.4 Å². The van der Waals surface area contributed by atoms with Gasteiger partial charge in [0.2, 0.25) is 6.41 Å². The van der Waals surface area contributed by atoms with Crippen molar-refractivity contribution in [2.75, 3.05) is 20.3 Å². The first-order chi connectivity index (χ1) is 8.43. The molecule has 0 radical (unpaired) electrons. The summed E-state index contributed by atoms with van der Waals surface area (Å²) in [6.45, 7) is 1.95. The fourth-order valence-corrected chi connectivity index (χ4v) is 5.64. The number of ether oxygens (including phenoxy) is 1. The molecule has 0 aromatic carbocycles. The van der Waals surface area contributed by atoms with Crippen LogP contribution in [0.1, 0.15) is 27.2 Å². The zero-order valence-corrected chi connectivity index (χ0v) is 12.8. The van der Waals surface area contributed by atoms with Gasteiger partial charge in [-0.1, -0.05) is 13.8 Å². The maximum absolute atomic E-state index is 12.6. The van der Waals surface area contributed by atoms with Crippen LogP contribution in [0.3, 0.4) is 0 Å². The highest BCUT2D eigenvalue weighted by atomic mass is 32.7. The number of rotatable bonds is 9. The van der Waals surface area contributed by atoms with E-state index in [2.05, 4.69) is 4.74 Å². The van der Waals surface area contributed by atoms with Crippen molar-refractivity contribution < 1.29 is 23.4 Å². The van der Waals surface area contributed by atoms with Crippen molar-refractivity contribution in [2.24, 2.45) is 0 Å². The number of methoxy groups -OCH3 is 1. The van der Waals surface area contributed by atoms with Gasteiger partial charge in [0, 0.05) is 5.25 Å². The summed E-state index contributed by atoms with van der Waals surface area (Å²) in [5.41, 5.74) is 0. The van der Waals surface area contributed by atoms with E-state index in [-0.39, 0.29) is 18.4 Å². The molecule has 6 nitrogen and oxygen atoms in total. The maximum Gasteiger partial charge on any atom is 0.356 e. The SMILES string of the molecule is CCOP(=O)(SC(C)CC)N(C=O)CC(=O)OC. The van der Waals surface area contributed by atoms with E-state index in [0.717, 1.165) is 22.5 Å². The zero-order valence-electron chi connectivity index (χ0n) is 11.1. The van der Waals surface area contributed by atoms with Gasteiger partial charge in [-0.3, -0.25) is 18.8 Å². The Labute approximate surface area is 112 Å². The molecule has 0 bridgehead atoms. The first-order valence-electron chi connectivity index (χ1n) is 5.65. The van der Waals surface area contributed by atoms with E-state index in [1.807, 2.05) is 13.8 Å². The van der Waals surface area contributed by atoms with Crippen molar-refractivity contribution in [1.29, 1.82) is 0 Å². The number of hydrogen-bond acceptors (Lipinski definition) is 6.